The molecule has 3 N–H and O–H groups in total. The molecule has 1 aliphatic heterocycles. The van der Waals surface area contributed by atoms with Gasteiger partial charge >= 0.3 is 0 Å². The third kappa shape index (κ3) is 2.38. The first-order chi connectivity index (χ1) is 8.25. The SMILES string of the molecule is CC1(CNCC2Cc3nc[nH]c3CN2)CCC1. The van der Waals surface area contributed by atoms with Gasteiger partial charge in [-0.3, -0.25) is 0 Å². The highest BCUT2D eigenvalue weighted by Crippen LogP contribution is 2.39. The van der Waals surface area contributed by atoms with E-state index in [0.29, 0.717) is 11.5 Å². The largest absolute Gasteiger partial charge is 0.347 e. The van der Waals surface area contributed by atoms with Crippen LogP contribution < -0.4 is 10.6 Å². The van der Waals surface area contributed by atoms with Crippen molar-refractivity contribution in [2.45, 2.75) is 45.2 Å². The van der Waals surface area contributed by atoms with Crippen LogP contribution in [0.15, 0.2) is 6.33 Å². The van der Waals surface area contributed by atoms with Crippen molar-refractivity contribution < 1.29 is 0 Å². The number of hydrogen-bond acceptors (Lipinski definition) is 3. The van der Waals surface area contributed by atoms with Gasteiger partial charge in [-0.25, -0.2) is 4.98 Å². The second kappa shape index (κ2) is 4.42. The Morgan fingerprint density at radius 1 is 1.53 bits per heavy atom. The van der Waals surface area contributed by atoms with Crippen molar-refractivity contribution in [1.82, 2.24) is 20.6 Å². The van der Waals surface area contributed by atoms with Gasteiger partial charge in [-0.05, 0) is 18.3 Å². The van der Waals surface area contributed by atoms with Crippen molar-refractivity contribution in [3.63, 3.8) is 0 Å². The first-order valence-electron chi connectivity index (χ1n) is 6.70. The molecule has 1 unspecified atom stereocenters. The molecule has 0 saturated heterocycles. The number of hydrogen-bond donors (Lipinski definition) is 3. The summed E-state index contributed by atoms with van der Waals surface area (Å²) < 4.78 is 0. The van der Waals surface area contributed by atoms with Crippen LogP contribution in [0.3, 0.4) is 0 Å². The molecule has 0 amide bonds. The summed E-state index contributed by atoms with van der Waals surface area (Å²) in [5, 5.41) is 7.17. The van der Waals surface area contributed by atoms with Gasteiger partial charge < -0.3 is 15.6 Å². The lowest BCUT2D eigenvalue weighted by atomic mass is 9.70. The van der Waals surface area contributed by atoms with Gasteiger partial charge in [0.2, 0.25) is 0 Å². The number of H-pyrrole nitrogens is 1. The zero-order valence-corrected chi connectivity index (χ0v) is 10.6. The van der Waals surface area contributed by atoms with Gasteiger partial charge in [0.1, 0.15) is 0 Å². The molecule has 3 rings (SSSR count). The fourth-order valence-electron chi connectivity index (χ4n) is 2.88. The summed E-state index contributed by atoms with van der Waals surface area (Å²) in [5.74, 6) is 0. The van der Waals surface area contributed by atoms with Gasteiger partial charge in [-0.2, -0.15) is 0 Å². The second-order valence-electron chi connectivity index (χ2n) is 5.90. The Morgan fingerprint density at radius 3 is 3.18 bits per heavy atom. The number of fused-ring (bicyclic) bond motifs is 1. The topological polar surface area (TPSA) is 52.7 Å². The first-order valence-corrected chi connectivity index (χ1v) is 6.70. The van der Waals surface area contributed by atoms with Crippen molar-refractivity contribution >= 4 is 0 Å². The van der Waals surface area contributed by atoms with Crippen molar-refractivity contribution in [3.05, 3.63) is 17.7 Å². The minimum absolute atomic E-state index is 0.537. The van der Waals surface area contributed by atoms with Gasteiger partial charge in [-0.15, -0.1) is 0 Å². The second-order valence-corrected chi connectivity index (χ2v) is 5.90. The monoisotopic (exact) mass is 234 g/mol. The minimum atomic E-state index is 0.537. The molecule has 0 bridgehead atoms. The normalized spacial score (nSPS) is 26.3. The van der Waals surface area contributed by atoms with Crippen molar-refractivity contribution in [3.8, 4) is 0 Å². The zero-order valence-electron chi connectivity index (χ0n) is 10.6. The number of rotatable bonds is 4. The molecule has 0 radical (unpaired) electrons. The van der Waals surface area contributed by atoms with E-state index in [1.807, 2.05) is 0 Å². The van der Waals surface area contributed by atoms with Gasteiger partial charge in [-0.1, -0.05) is 13.3 Å². The molecule has 1 fully saturated rings. The molecule has 1 saturated carbocycles. The fraction of sp³-hybridized carbons (Fsp3) is 0.769. The Morgan fingerprint density at radius 2 is 2.41 bits per heavy atom. The lowest BCUT2D eigenvalue weighted by Gasteiger charge is -2.39. The fourth-order valence-corrected chi connectivity index (χ4v) is 2.88. The van der Waals surface area contributed by atoms with Crippen molar-refractivity contribution in [2.24, 2.45) is 5.41 Å². The molecule has 4 nitrogen and oxygen atoms in total. The zero-order chi connectivity index (χ0) is 11.7. The molecule has 0 aromatic carbocycles. The average molecular weight is 234 g/mol. The van der Waals surface area contributed by atoms with E-state index in [4.69, 9.17) is 0 Å². The molecule has 2 heterocycles. The molecule has 1 aromatic heterocycles. The van der Waals surface area contributed by atoms with Gasteiger partial charge in [0.25, 0.3) is 0 Å². The number of imidazole rings is 1. The third-order valence-electron chi connectivity index (χ3n) is 4.32. The summed E-state index contributed by atoms with van der Waals surface area (Å²) in [5.41, 5.74) is 3.07. The highest BCUT2D eigenvalue weighted by Gasteiger charge is 2.31. The Kier molecular flexibility index (Phi) is 2.92. The van der Waals surface area contributed by atoms with E-state index in [-0.39, 0.29) is 0 Å². The summed E-state index contributed by atoms with van der Waals surface area (Å²) in [6.07, 6.45) is 7.04. The Hall–Kier alpha value is -0.870. The summed E-state index contributed by atoms with van der Waals surface area (Å²) in [7, 11) is 0. The van der Waals surface area contributed by atoms with Gasteiger partial charge in [0.15, 0.2) is 0 Å². The Balaban J connectivity index is 1.45. The molecule has 4 heteroatoms. The molecule has 2 aliphatic rings. The van der Waals surface area contributed by atoms with E-state index in [0.717, 1.165) is 19.5 Å². The molecule has 1 aromatic rings. The van der Waals surface area contributed by atoms with E-state index >= 15 is 0 Å². The maximum Gasteiger partial charge on any atom is 0.0925 e. The first kappa shape index (κ1) is 11.2. The van der Waals surface area contributed by atoms with Crippen LogP contribution in [0.2, 0.25) is 0 Å². The van der Waals surface area contributed by atoms with E-state index in [1.54, 1.807) is 6.33 Å². The number of nitrogens with one attached hydrogen (secondary N) is 3. The predicted molar refractivity (Wildman–Crippen MR) is 67.7 cm³/mol. The Bertz CT molecular complexity index is 381. The summed E-state index contributed by atoms with van der Waals surface area (Å²) in [6, 6.07) is 0.537. The molecule has 94 valence electrons. The summed E-state index contributed by atoms with van der Waals surface area (Å²) in [4.78, 5) is 7.55. The maximum absolute atomic E-state index is 4.37. The van der Waals surface area contributed by atoms with Crippen LogP contribution >= 0.6 is 0 Å². The van der Waals surface area contributed by atoms with Crippen molar-refractivity contribution in [1.29, 1.82) is 0 Å². The summed E-state index contributed by atoms with van der Waals surface area (Å²) >= 11 is 0. The van der Waals surface area contributed by atoms with E-state index in [2.05, 4.69) is 27.5 Å². The van der Waals surface area contributed by atoms with E-state index in [9.17, 15) is 0 Å². The van der Waals surface area contributed by atoms with Crippen molar-refractivity contribution in [2.75, 3.05) is 13.1 Å². The van der Waals surface area contributed by atoms with Gasteiger partial charge in [0, 0.05) is 32.1 Å². The molecule has 1 aliphatic carbocycles. The van der Waals surface area contributed by atoms with E-state index in [1.165, 1.54) is 37.2 Å². The van der Waals surface area contributed by atoms with Crippen LogP contribution in [-0.2, 0) is 13.0 Å². The smallest absolute Gasteiger partial charge is 0.0925 e. The number of nitrogens with zero attached hydrogens (tertiary/aromatic N) is 1. The number of aromatic nitrogens is 2. The minimum Gasteiger partial charge on any atom is -0.347 e. The van der Waals surface area contributed by atoms with E-state index < -0.39 is 0 Å². The maximum atomic E-state index is 4.37. The predicted octanol–water partition coefficient (Wildman–Crippen LogP) is 1.20. The van der Waals surface area contributed by atoms with Crippen LogP contribution in [0.1, 0.15) is 37.6 Å². The number of aromatic amines is 1. The van der Waals surface area contributed by atoms with Gasteiger partial charge in [0.05, 0.1) is 17.7 Å². The van der Waals surface area contributed by atoms with Crippen LogP contribution in [0, 0.1) is 5.41 Å². The quantitative estimate of drug-likeness (QED) is 0.734. The molecule has 17 heavy (non-hydrogen) atoms. The van der Waals surface area contributed by atoms with Crippen LogP contribution in [-0.4, -0.2) is 29.1 Å². The Labute approximate surface area is 103 Å². The molecular weight excluding hydrogens is 212 g/mol. The van der Waals surface area contributed by atoms with Crippen LogP contribution in [0.4, 0.5) is 0 Å². The molecule has 0 spiro atoms. The molecular formula is C13H22N4. The van der Waals surface area contributed by atoms with Crippen LogP contribution in [0.25, 0.3) is 0 Å². The molecule has 1 atom stereocenters. The third-order valence-corrected chi connectivity index (χ3v) is 4.32. The lowest BCUT2D eigenvalue weighted by Crippen LogP contribution is -2.46. The highest BCUT2D eigenvalue weighted by atomic mass is 15.0. The van der Waals surface area contributed by atoms with Crippen LogP contribution in [0.5, 0.6) is 0 Å². The average Bonchev–Trinajstić information content (AvgIpc) is 2.74. The lowest BCUT2D eigenvalue weighted by molar-refractivity contribution is 0.155. The standard InChI is InChI=1S/C13H22N4/c1-13(3-2-4-13)8-14-6-10-5-11-12(7-15-10)17-9-16-11/h9-10,14-15H,2-8H2,1H3,(H,16,17). The summed E-state index contributed by atoms with van der Waals surface area (Å²) in [6.45, 7) is 5.54. The highest BCUT2D eigenvalue weighted by molar-refractivity contribution is 5.15.